The van der Waals surface area contributed by atoms with Crippen molar-refractivity contribution in [3.05, 3.63) is 104 Å². The molecule has 0 aliphatic rings. The molecule has 0 aromatic heterocycles. The standard InChI is InChI=1S/C22H15Cl4N5O/c23-16-5-1-14(2-6-16)12-27-30-22(31-28-13-15-3-7-17(24)8-4-15)29-21(32)19-10-9-18(25)11-20(19)26/h1-13H,(H2,29,30,31,32). The number of carbonyl (C=O) groups excluding carboxylic acids is 1. The quantitative estimate of drug-likeness (QED) is 0.251. The second-order valence-electron chi connectivity index (χ2n) is 6.23. The molecule has 0 heterocycles. The molecule has 0 radical (unpaired) electrons. The molecule has 0 fully saturated rings. The van der Waals surface area contributed by atoms with E-state index in [4.69, 9.17) is 46.4 Å². The van der Waals surface area contributed by atoms with E-state index in [1.165, 1.54) is 24.6 Å². The third-order valence-electron chi connectivity index (χ3n) is 3.88. The van der Waals surface area contributed by atoms with Crippen LogP contribution in [0.25, 0.3) is 0 Å². The first-order chi connectivity index (χ1) is 15.4. The lowest BCUT2D eigenvalue weighted by atomic mass is 10.2. The van der Waals surface area contributed by atoms with E-state index in [1.54, 1.807) is 54.6 Å². The minimum Gasteiger partial charge on any atom is -0.267 e. The molecule has 2 N–H and O–H groups in total. The Morgan fingerprint density at radius 2 is 1.16 bits per heavy atom. The topological polar surface area (TPSA) is 78.2 Å². The van der Waals surface area contributed by atoms with Crippen LogP contribution >= 0.6 is 46.4 Å². The zero-order valence-corrected chi connectivity index (χ0v) is 19.3. The Balaban J connectivity index is 1.78. The number of amides is 1. The van der Waals surface area contributed by atoms with Crippen molar-refractivity contribution in [1.29, 1.82) is 0 Å². The van der Waals surface area contributed by atoms with Gasteiger partial charge in [-0.05, 0) is 53.6 Å². The Labute approximate surface area is 204 Å². The average Bonchev–Trinajstić information content (AvgIpc) is 2.76. The summed E-state index contributed by atoms with van der Waals surface area (Å²) >= 11 is 23.8. The number of nitrogens with zero attached hydrogens (tertiary/aromatic N) is 3. The van der Waals surface area contributed by atoms with Crippen molar-refractivity contribution in [2.24, 2.45) is 15.2 Å². The van der Waals surface area contributed by atoms with Crippen molar-refractivity contribution in [2.75, 3.05) is 0 Å². The highest BCUT2D eigenvalue weighted by Gasteiger charge is 2.11. The molecule has 10 heteroatoms. The van der Waals surface area contributed by atoms with E-state index < -0.39 is 5.91 Å². The number of aliphatic imine (C=N–C) groups is 1. The molecule has 0 bridgehead atoms. The van der Waals surface area contributed by atoms with Crippen molar-refractivity contribution in [2.45, 2.75) is 0 Å². The summed E-state index contributed by atoms with van der Waals surface area (Å²) in [5.41, 5.74) is 7.08. The van der Waals surface area contributed by atoms with Crippen LogP contribution in [0.5, 0.6) is 0 Å². The van der Waals surface area contributed by atoms with Crippen LogP contribution < -0.4 is 10.9 Å². The third-order valence-corrected chi connectivity index (χ3v) is 4.93. The molecule has 3 aromatic rings. The number of hydrogen-bond donors (Lipinski definition) is 2. The van der Waals surface area contributed by atoms with E-state index in [-0.39, 0.29) is 16.5 Å². The molecule has 32 heavy (non-hydrogen) atoms. The van der Waals surface area contributed by atoms with Crippen molar-refractivity contribution in [1.82, 2.24) is 10.9 Å². The molecule has 0 spiro atoms. The van der Waals surface area contributed by atoms with Gasteiger partial charge in [0, 0.05) is 15.1 Å². The maximum Gasteiger partial charge on any atom is 0.281 e. The molecule has 0 unspecified atom stereocenters. The summed E-state index contributed by atoms with van der Waals surface area (Å²) in [5, 5.41) is 9.98. The van der Waals surface area contributed by atoms with Crippen molar-refractivity contribution in [3.8, 4) is 0 Å². The molecular weight excluding hydrogens is 492 g/mol. The monoisotopic (exact) mass is 505 g/mol. The Morgan fingerprint density at radius 3 is 1.62 bits per heavy atom. The summed E-state index contributed by atoms with van der Waals surface area (Å²) in [6, 6.07) is 18.6. The van der Waals surface area contributed by atoms with Gasteiger partial charge in [-0.3, -0.25) is 4.79 Å². The Hall–Kier alpha value is -2.90. The van der Waals surface area contributed by atoms with Gasteiger partial charge in [-0.15, -0.1) is 0 Å². The fraction of sp³-hybridized carbons (Fsp3) is 0. The molecule has 0 aliphatic carbocycles. The lowest BCUT2D eigenvalue weighted by molar-refractivity contribution is 0.100. The number of halogens is 4. The summed E-state index contributed by atoms with van der Waals surface area (Å²) in [5.74, 6) is -0.624. The molecular formula is C22H15Cl4N5O. The van der Waals surface area contributed by atoms with E-state index in [9.17, 15) is 4.79 Å². The van der Waals surface area contributed by atoms with Crippen molar-refractivity contribution >= 4 is 70.7 Å². The van der Waals surface area contributed by atoms with E-state index >= 15 is 0 Å². The fourth-order valence-corrected chi connectivity index (χ4v) is 3.07. The normalized spacial score (nSPS) is 11.0. The van der Waals surface area contributed by atoms with Crippen LogP contribution in [0.15, 0.2) is 81.9 Å². The van der Waals surface area contributed by atoms with Gasteiger partial charge in [0.15, 0.2) is 0 Å². The highest BCUT2D eigenvalue weighted by molar-refractivity contribution is 6.37. The highest BCUT2D eigenvalue weighted by Crippen LogP contribution is 2.21. The molecule has 0 atom stereocenters. The zero-order chi connectivity index (χ0) is 22.9. The van der Waals surface area contributed by atoms with Crippen LogP contribution in [-0.4, -0.2) is 24.3 Å². The van der Waals surface area contributed by atoms with Gasteiger partial charge in [0.2, 0.25) is 5.96 Å². The Kier molecular flexibility index (Phi) is 8.64. The molecule has 162 valence electrons. The minimum absolute atomic E-state index is 0.0172. The van der Waals surface area contributed by atoms with Gasteiger partial charge in [0.1, 0.15) is 0 Å². The molecule has 3 aromatic carbocycles. The van der Waals surface area contributed by atoms with Crippen LogP contribution in [0.2, 0.25) is 20.1 Å². The maximum atomic E-state index is 12.6. The molecule has 6 nitrogen and oxygen atoms in total. The van der Waals surface area contributed by atoms with Crippen molar-refractivity contribution in [3.63, 3.8) is 0 Å². The van der Waals surface area contributed by atoms with Crippen LogP contribution in [0.4, 0.5) is 0 Å². The van der Waals surface area contributed by atoms with Gasteiger partial charge >= 0.3 is 0 Å². The molecule has 3 rings (SSSR count). The molecule has 0 saturated heterocycles. The SMILES string of the molecule is O=C(N=C(NN=Cc1ccc(Cl)cc1)NN=Cc1ccc(Cl)cc1)c1ccc(Cl)cc1Cl. The number of nitrogens with one attached hydrogen (secondary N) is 2. The zero-order valence-electron chi connectivity index (χ0n) is 16.3. The summed E-state index contributed by atoms with van der Waals surface area (Å²) in [7, 11) is 0. The van der Waals surface area contributed by atoms with Crippen LogP contribution in [0.3, 0.4) is 0 Å². The Morgan fingerprint density at radius 1 is 0.688 bits per heavy atom. The second kappa shape index (κ2) is 11.6. The van der Waals surface area contributed by atoms with Gasteiger partial charge < -0.3 is 0 Å². The van der Waals surface area contributed by atoms with E-state index in [1.807, 2.05) is 0 Å². The predicted molar refractivity (Wildman–Crippen MR) is 133 cm³/mol. The lowest BCUT2D eigenvalue weighted by Crippen LogP contribution is -2.32. The second-order valence-corrected chi connectivity index (χ2v) is 7.95. The predicted octanol–water partition coefficient (Wildman–Crippen LogP) is 6.04. The van der Waals surface area contributed by atoms with Gasteiger partial charge in [-0.25, -0.2) is 10.9 Å². The Bertz CT molecular complexity index is 1120. The largest absolute Gasteiger partial charge is 0.281 e. The maximum absolute atomic E-state index is 12.6. The van der Waals surface area contributed by atoms with Gasteiger partial charge in [-0.2, -0.15) is 15.2 Å². The van der Waals surface area contributed by atoms with Gasteiger partial charge in [0.25, 0.3) is 5.91 Å². The van der Waals surface area contributed by atoms with Gasteiger partial charge in [0.05, 0.1) is 23.0 Å². The lowest BCUT2D eigenvalue weighted by Gasteiger charge is -2.05. The number of guanidine groups is 1. The minimum atomic E-state index is -0.606. The van der Waals surface area contributed by atoms with E-state index in [0.29, 0.717) is 15.1 Å². The van der Waals surface area contributed by atoms with Crippen LogP contribution in [0, 0.1) is 0 Å². The third kappa shape index (κ3) is 7.35. The first-order valence-electron chi connectivity index (χ1n) is 9.08. The number of benzene rings is 3. The van der Waals surface area contributed by atoms with Crippen LogP contribution in [-0.2, 0) is 0 Å². The number of hydrogen-bond acceptors (Lipinski definition) is 3. The molecule has 0 saturated carbocycles. The average molecular weight is 507 g/mol. The summed E-state index contributed by atoms with van der Waals surface area (Å²) in [4.78, 5) is 16.6. The summed E-state index contributed by atoms with van der Waals surface area (Å²) in [6.45, 7) is 0. The molecule has 0 aliphatic heterocycles. The first kappa shape index (κ1) is 23.8. The van der Waals surface area contributed by atoms with E-state index in [0.717, 1.165) is 11.1 Å². The number of rotatable bonds is 5. The molecule has 1 amide bonds. The number of hydrazone groups is 2. The van der Waals surface area contributed by atoms with Gasteiger partial charge in [-0.1, -0.05) is 70.7 Å². The summed E-state index contributed by atoms with van der Waals surface area (Å²) in [6.07, 6.45) is 3.08. The highest BCUT2D eigenvalue weighted by atomic mass is 35.5. The first-order valence-corrected chi connectivity index (χ1v) is 10.6. The van der Waals surface area contributed by atoms with E-state index in [2.05, 4.69) is 26.0 Å². The van der Waals surface area contributed by atoms with Crippen molar-refractivity contribution < 1.29 is 4.79 Å². The summed E-state index contributed by atoms with van der Waals surface area (Å²) < 4.78 is 0. The van der Waals surface area contributed by atoms with Crippen LogP contribution in [0.1, 0.15) is 21.5 Å². The smallest absolute Gasteiger partial charge is 0.267 e. The number of carbonyl (C=O) groups is 1. The fourth-order valence-electron chi connectivity index (χ4n) is 2.33.